The van der Waals surface area contributed by atoms with Crippen molar-refractivity contribution < 1.29 is 23.1 Å². The molecular weight excluding hydrogens is 368 g/mol. The Morgan fingerprint density at radius 1 is 1.07 bits per heavy atom. The average Bonchev–Trinajstić information content (AvgIpc) is 3.17. The van der Waals surface area contributed by atoms with Gasteiger partial charge in [-0.25, -0.2) is 13.2 Å². The lowest BCUT2D eigenvalue weighted by atomic mass is 10.1. The van der Waals surface area contributed by atoms with E-state index in [2.05, 4.69) is 4.72 Å². The van der Waals surface area contributed by atoms with Gasteiger partial charge in [0.1, 0.15) is 0 Å². The third kappa shape index (κ3) is 3.95. The number of amides is 1. The molecule has 1 amide bonds. The highest BCUT2D eigenvalue weighted by molar-refractivity contribution is 7.92. The number of aromatic carboxylic acids is 1. The van der Waals surface area contributed by atoms with Crippen LogP contribution in [0.25, 0.3) is 0 Å². The lowest BCUT2D eigenvalue weighted by Crippen LogP contribution is -2.29. The number of carbonyl (C=O) groups is 2. The third-order valence-electron chi connectivity index (χ3n) is 4.52. The molecule has 0 radical (unpaired) electrons. The van der Waals surface area contributed by atoms with E-state index < -0.39 is 16.0 Å². The second-order valence-electron chi connectivity index (χ2n) is 6.44. The third-order valence-corrected chi connectivity index (χ3v) is 5.87. The van der Waals surface area contributed by atoms with Gasteiger partial charge < -0.3 is 10.0 Å². The Kier molecular flexibility index (Phi) is 5.18. The highest BCUT2D eigenvalue weighted by atomic mass is 32.2. The van der Waals surface area contributed by atoms with Gasteiger partial charge in [0.15, 0.2) is 0 Å². The fourth-order valence-electron chi connectivity index (χ4n) is 3.06. The second-order valence-corrected chi connectivity index (χ2v) is 8.12. The van der Waals surface area contributed by atoms with Crippen LogP contribution in [-0.2, 0) is 10.0 Å². The molecule has 7 nitrogen and oxygen atoms in total. The number of aryl methyl sites for hydroxylation is 1. The Morgan fingerprint density at radius 2 is 1.74 bits per heavy atom. The van der Waals surface area contributed by atoms with Crippen molar-refractivity contribution in [3.8, 4) is 0 Å². The van der Waals surface area contributed by atoms with E-state index in [1.807, 2.05) is 0 Å². The molecule has 2 aromatic rings. The van der Waals surface area contributed by atoms with Crippen LogP contribution in [0.1, 0.15) is 39.1 Å². The molecule has 2 aromatic carbocycles. The lowest BCUT2D eigenvalue weighted by Gasteiger charge is -2.20. The molecule has 1 fully saturated rings. The molecule has 1 heterocycles. The van der Waals surface area contributed by atoms with Gasteiger partial charge in [-0.3, -0.25) is 9.52 Å². The standard InChI is InChI=1S/C19H20N2O5S/c1-13-6-4-9-16(18(22)21-10-2-3-11-21)17(13)20-27(25,26)15-8-5-7-14(12-15)19(23)24/h4-9,12,20H,2-3,10-11H2,1H3,(H,23,24). The quantitative estimate of drug-likeness (QED) is 0.820. The summed E-state index contributed by atoms with van der Waals surface area (Å²) in [5.74, 6) is -1.43. The second kappa shape index (κ2) is 7.40. The van der Waals surface area contributed by atoms with E-state index in [4.69, 9.17) is 5.11 Å². The van der Waals surface area contributed by atoms with Crippen molar-refractivity contribution in [1.82, 2.24) is 4.90 Å². The first kappa shape index (κ1) is 18.9. The number of likely N-dealkylation sites (tertiary alicyclic amines) is 1. The van der Waals surface area contributed by atoms with Crippen molar-refractivity contribution in [3.05, 3.63) is 59.2 Å². The van der Waals surface area contributed by atoms with Crippen molar-refractivity contribution >= 4 is 27.6 Å². The average molecular weight is 388 g/mol. The van der Waals surface area contributed by atoms with Crippen molar-refractivity contribution in [1.29, 1.82) is 0 Å². The van der Waals surface area contributed by atoms with Crippen molar-refractivity contribution in [3.63, 3.8) is 0 Å². The predicted octanol–water partition coefficient (Wildman–Crippen LogP) is 2.73. The van der Waals surface area contributed by atoms with Crippen LogP contribution in [0.3, 0.4) is 0 Å². The number of hydrogen-bond donors (Lipinski definition) is 2. The Morgan fingerprint density at radius 3 is 2.41 bits per heavy atom. The summed E-state index contributed by atoms with van der Waals surface area (Å²) in [7, 11) is -4.06. The number of sulfonamides is 1. The minimum absolute atomic E-state index is 0.129. The number of hydrogen-bond acceptors (Lipinski definition) is 4. The fourth-order valence-corrected chi connectivity index (χ4v) is 4.26. The molecule has 8 heteroatoms. The van der Waals surface area contributed by atoms with Crippen molar-refractivity contribution in [2.24, 2.45) is 0 Å². The first-order chi connectivity index (χ1) is 12.8. The Bertz CT molecular complexity index is 995. The number of nitrogens with zero attached hydrogens (tertiary/aromatic N) is 1. The summed E-state index contributed by atoms with van der Waals surface area (Å²) in [6, 6.07) is 10.1. The Balaban J connectivity index is 1.98. The molecule has 1 aliphatic rings. The molecule has 1 aliphatic heterocycles. The van der Waals surface area contributed by atoms with E-state index in [9.17, 15) is 18.0 Å². The maximum absolute atomic E-state index is 12.8. The van der Waals surface area contributed by atoms with Gasteiger partial charge in [-0.2, -0.15) is 0 Å². The van der Waals surface area contributed by atoms with Crippen LogP contribution < -0.4 is 4.72 Å². The lowest BCUT2D eigenvalue weighted by molar-refractivity contribution is 0.0695. The summed E-state index contributed by atoms with van der Waals surface area (Å²) in [5.41, 5.74) is 0.985. The molecule has 0 unspecified atom stereocenters. The number of carboxylic acids is 1. The maximum Gasteiger partial charge on any atom is 0.335 e. The first-order valence-electron chi connectivity index (χ1n) is 8.54. The van der Waals surface area contributed by atoms with Gasteiger partial charge in [-0.05, 0) is 49.6 Å². The molecular formula is C19H20N2O5S. The smallest absolute Gasteiger partial charge is 0.335 e. The molecule has 27 heavy (non-hydrogen) atoms. The molecule has 0 saturated carbocycles. The number of carbonyl (C=O) groups excluding carboxylic acids is 1. The molecule has 0 bridgehead atoms. The minimum atomic E-state index is -4.06. The van der Waals surface area contributed by atoms with Gasteiger partial charge in [-0.1, -0.05) is 18.2 Å². The van der Waals surface area contributed by atoms with Crippen LogP contribution >= 0.6 is 0 Å². The van der Waals surface area contributed by atoms with E-state index in [1.54, 1.807) is 30.0 Å². The summed E-state index contributed by atoms with van der Waals surface area (Å²) in [4.78, 5) is 25.4. The largest absolute Gasteiger partial charge is 0.478 e. The Hall–Kier alpha value is -2.87. The van der Waals surface area contributed by atoms with Crippen LogP contribution in [0.5, 0.6) is 0 Å². The van der Waals surface area contributed by atoms with Crippen molar-refractivity contribution in [2.45, 2.75) is 24.7 Å². The molecule has 3 rings (SSSR count). The highest BCUT2D eigenvalue weighted by Crippen LogP contribution is 2.27. The fraction of sp³-hybridized carbons (Fsp3) is 0.263. The summed E-state index contributed by atoms with van der Waals surface area (Å²) in [5, 5.41) is 9.08. The van der Waals surface area contributed by atoms with Crippen LogP contribution in [-0.4, -0.2) is 43.4 Å². The van der Waals surface area contributed by atoms with Crippen LogP contribution in [0.15, 0.2) is 47.4 Å². The number of nitrogens with one attached hydrogen (secondary N) is 1. The van der Waals surface area contributed by atoms with E-state index >= 15 is 0 Å². The molecule has 0 aromatic heterocycles. The molecule has 0 spiro atoms. The SMILES string of the molecule is Cc1cccc(C(=O)N2CCCC2)c1NS(=O)(=O)c1cccc(C(=O)O)c1. The monoisotopic (exact) mass is 388 g/mol. The summed E-state index contributed by atoms with van der Waals surface area (Å²) in [6.07, 6.45) is 1.86. The van der Waals surface area contributed by atoms with Crippen molar-refractivity contribution in [2.75, 3.05) is 17.8 Å². The van der Waals surface area contributed by atoms with Gasteiger partial charge in [0, 0.05) is 13.1 Å². The summed E-state index contributed by atoms with van der Waals surface area (Å²) < 4.78 is 28.1. The van der Waals surface area contributed by atoms with Gasteiger partial charge in [-0.15, -0.1) is 0 Å². The van der Waals surface area contributed by atoms with Gasteiger partial charge >= 0.3 is 5.97 Å². The van der Waals surface area contributed by atoms with Crippen LogP contribution in [0.4, 0.5) is 5.69 Å². The molecule has 0 aliphatic carbocycles. The first-order valence-corrected chi connectivity index (χ1v) is 10.0. The summed E-state index contributed by atoms with van der Waals surface area (Å²) in [6.45, 7) is 3.02. The zero-order chi connectivity index (χ0) is 19.6. The zero-order valence-electron chi connectivity index (χ0n) is 14.8. The van der Waals surface area contributed by atoms with E-state index in [0.717, 1.165) is 18.9 Å². The predicted molar refractivity (Wildman–Crippen MR) is 101 cm³/mol. The number of para-hydroxylation sites is 1. The summed E-state index contributed by atoms with van der Waals surface area (Å²) >= 11 is 0. The topological polar surface area (TPSA) is 104 Å². The number of carboxylic acid groups (broad SMARTS) is 1. The number of rotatable bonds is 5. The highest BCUT2D eigenvalue weighted by Gasteiger charge is 2.25. The van der Waals surface area contributed by atoms with E-state index in [1.165, 1.54) is 18.2 Å². The van der Waals surface area contributed by atoms with Gasteiger partial charge in [0.05, 0.1) is 21.7 Å². The molecule has 2 N–H and O–H groups in total. The molecule has 142 valence electrons. The number of benzene rings is 2. The van der Waals surface area contributed by atoms with Crippen LogP contribution in [0, 0.1) is 6.92 Å². The van der Waals surface area contributed by atoms with E-state index in [-0.39, 0.29) is 27.6 Å². The molecule has 0 atom stereocenters. The molecule has 1 saturated heterocycles. The Labute approximate surface area is 157 Å². The van der Waals surface area contributed by atoms with Gasteiger partial charge in [0.25, 0.3) is 15.9 Å². The maximum atomic E-state index is 12.8. The van der Waals surface area contributed by atoms with Gasteiger partial charge in [0.2, 0.25) is 0 Å². The van der Waals surface area contributed by atoms with Crippen LogP contribution in [0.2, 0.25) is 0 Å². The normalized spacial score (nSPS) is 14.2. The number of anilines is 1. The van der Waals surface area contributed by atoms with E-state index in [0.29, 0.717) is 18.7 Å². The minimum Gasteiger partial charge on any atom is -0.478 e. The zero-order valence-corrected chi connectivity index (χ0v) is 15.6.